The highest BCUT2D eigenvalue weighted by atomic mass is 16.5. The molecule has 2 heterocycles. The Hall–Kier alpha value is -2.30. The molecule has 0 fully saturated rings. The van der Waals surface area contributed by atoms with Gasteiger partial charge in [0.15, 0.2) is 6.61 Å². The quantitative estimate of drug-likeness (QED) is 0.857. The van der Waals surface area contributed by atoms with Crippen LogP contribution in [-0.2, 0) is 17.8 Å². The molecule has 1 aromatic carbocycles. The highest BCUT2D eigenvalue weighted by Crippen LogP contribution is 2.19. The van der Waals surface area contributed by atoms with Crippen LogP contribution in [-0.4, -0.2) is 29.1 Å². The maximum Gasteiger partial charge on any atom is 0.260 e. The van der Waals surface area contributed by atoms with Crippen molar-refractivity contribution in [1.82, 2.24) is 10.1 Å². The second kappa shape index (κ2) is 5.36. The van der Waals surface area contributed by atoms with E-state index in [4.69, 9.17) is 9.26 Å². The highest BCUT2D eigenvalue weighted by Gasteiger charge is 2.23. The summed E-state index contributed by atoms with van der Waals surface area (Å²) in [5.74, 6) is 1.62. The lowest BCUT2D eigenvalue weighted by atomic mass is 10.1. The topological polar surface area (TPSA) is 55.6 Å². The van der Waals surface area contributed by atoms with Gasteiger partial charge in [-0.2, -0.15) is 0 Å². The molecule has 0 spiro atoms. The summed E-state index contributed by atoms with van der Waals surface area (Å²) in [7, 11) is 0. The van der Waals surface area contributed by atoms with Crippen LogP contribution in [0.25, 0.3) is 0 Å². The van der Waals surface area contributed by atoms with Gasteiger partial charge in [-0.3, -0.25) is 4.79 Å². The number of amides is 1. The Morgan fingerprint density at radius 2 is 2.30 bits per heavy atom. The van der Waals surface area contributed by atoms with Crippen LogP contribution in [0.2, 0.25) is 0 Å². The molecule has 0 bridgehead atoms. The first-order valence-electron chi connectivity index (χ1n) is 6.62. The number of benzene rings is 1. The van der Waals surface area contributed by atoms with Crippen LogP contribution in [0.5, 0.6) is 5.75 Å². The molecule has 1 aliphatic heterocycles. The SMILES string of the molecule is Cc1ccccc1OCC(=O)N1CCc2oncc2C1. The summed E-state index contributed by atoms with van der Waals surface area (Å²) in [5, 5.41) is 3.76. The number of hydrogen-bond donors (Lipinski definition) is 0. The van der Waals surface area contributed by atoms with Crippen molar-refractivity contribution < 1.29 is 14.1 Å². The lowest BCUT2D eigenvalue weighted by Gasteiger charge is -2.25. The lowest BCUT2D eigenvalue weighted by Crippen LogP contribution is -2.38. The smallest absolute Gasteiger partial charge is 0.260 e. The number of aromatic nitrogens is 1. The standard InChI is InChI=1S/C15H16N2O3/c1-11-4-2-3-5-13(11)19-10-15(18)17-7-6-14-12(9-17)8-16-20-14/h2-5,8H,6-7,9-10H2,1H3. The van der Waals surface area contributed by atoms with E-state index in [1.807, 2.05) is 31.2 Å². The highest BCUT2D eigenvalue weighted by molar-refractivity contribution is 5.78. The molecule has 0 N–H and O–H groups in total. The van der Waals surface area contributed by atoms with Gasteiger partial charge in [0.1, 0.15) is 11.5 Å². The molecule has 104 valence electrons. The van der Waals surface area contributed by atoms with E-state index in [-0.39, 0.29) is 12.5 Å². The average Bonchev–Trinajstić information content (AvgIpc) is 2.93. The molecule has 5 nitrogen and oxygen atoms in total. The third kappa shape index (κ3) is 2.52. The van der Waals surface area contributed by atoms with Gasteiger partial charge >= 0.3 is 0 Å². The van der Waals surface area contributed by atoms with Gasteiger partial charge in [0.05, 0.1) is 12.7 Å². The second-order valence-corrected chi connectivity index (χ2v) is 4.89. The van der Waals surface area contributed by atoms with Gasteiger partial charge in [0, 0.05) is 18.5 Å². The van der Waals surface area contributed by atoms with Crippen molar-refractivity contribution in [3.05, 3.63) is 47.3 Å². The Morgan fingerprint density at radius 1 is 1.45 bits per heavy atom. The molecule has 20 heavy (non-hydrogen) atoms. The third-order valence-electron chi connectivity index (χ3n) is 3.50. The maximum absolute atomic E-state index is 12.2. The normalized spacial score (nSPS) is 13.9. The number of rotatable bonds is 3. The monoisotopic (exact) mass is 272 g/mol. The van der Waals surface area contributed by atoms with Crippen molar-refractivity contribution in [1.29, 1.82) is 0 Å². The summed E-state index contributed by atoms with van der Waals surface area (Å²) >= 11 is 0. The average molecular weight is 272 g/mol. The summed E-state index contributed by atoms with van der Waals surface area (Å²) in [6.45, 7) is 3.22. The zero-order valence-corrected chi connectivity index (χ0v) is 11.3. The Labute approximate surface area is 117 Å². The molecule has 1 amide bonds. The van der Waals surface area contributed by atoms with E-state index in [0.717, 1.165) is 22.6 Å². The summed E-state index contributed by atoms with van der Waals surface area (Å²) in [6, 6.07) is 7.68. The Balaban J connectivity index is 1.59. The van der Waals surface area contributed by atoms with Crippen LogP contribution in [0.4, 0.5) is 0 Å². The van der Waals surface area contributed by atoms with E-state index >= 15 is 0 Å². The zero-order valence-electron chi connectivity index (χ0n) is 11.3. The van der Waals surface area contributed by atoms with Crippen molar-refractivity contribution >= 4 is 5.91 Å². The number of para-hydroxylation sites is 1. The van der Waals surface area contributed by atoms with Crippen LogP contribution >= 0.6 is 0 Å². The van der Waals surface area contributed by atoms with Crippen LogP contribution in [0, 0.1) is 6.92 Å². The number of aryl methyl sites for hydroxylation is 1. The third-order valence-corrected chi connectivity index (χ3v) is 3.50. The first kappa shape index (κ1) is 12.7. The molecule has 0 unspecified atom stereocenters. The molecule has 0 saturated heterocycles. The van der Waals surface area contributed by atoms with Gasteiger partial charge < -0.3 is 14.2 Å². The Morgan fingerprint density at radius 3 is 3.15 bits per heavy atom. The number of ether oxygens (including phenoxy) is 1. The van der Waals surface area contributed by atoms with Gasteiger partial charge in [-0.05, 0) is 18.6 Å². The van der Waals surface area contributed by atoms with Gasteiger partial charge in [-0.25, -0.2) is 0 Å². The first-order valence-corrected chi connectivity index (χ1v) is 6.62. The summed E-state index contributed by atoms with van der Waals surface area (Å²) in [4.78, 5) is 13.9. The fourth-order valence-corrected chi connectivity index (χ4v) is 2.30. The largest absolute Gasteiger partial charge is 0.484 e. The molecule has 5 heteroatoms. The first-order chi connectivity index (χ1) is 9.74. The number of carbonyl (C=O) groups is 1. The van der Waals surface area contributed by atoms with Crippen LogP contribution < -0.4 is 4.74 Å². The molecular formula is C15H16N2O3. The van der Waals surface area contributed by atoms with Crippen LogP contribution in [0.1, 0.15) is 16.9 Å². The van der Waals surface area contributed by atoms with Crippen molar-refractivity contribution in [2.24, 2.45) is 0 Å². The van der Waals surface area contributed by atoms with E-state index in [1.165, 1.54) is 0 Å². The van der Waals surface area contributed by atoms with Crippen molar-refractivity contribution in [2.75, 3.05) is 13.2 Å². The molecule has 3 rings (SSSR count). The summed E-state index contributed by atoms with van der Waals surface area (Å²) in [5.41, 5.74) is 2.01. The molecule has 1 aromatic heterocycles. The molecule has 0 saturated carbocycles. The minimum atomic E-state index is -0.0138. The van der Waals surface area contributed by atoms with Gasteiger partial charge in [0.25, 0.3) is 5.91 Å². The molecule has 0 radical (unpaired) electrons. The second-order valence-electron chi connectivity index (χ2n) is 4.89. The minimum absolute atomic E-state index is 0.0138. The van der Waals surface area contributed by atoms with E-state index in [0.29, 0.717) is 19.5 Å². The van der Waals surface area contributed by atoms with Crippen molar-refractivity contribution in [3.63, 3.8) is 0 Å². The Kier molecular flexibility index (Phi) is 3.41. The lowest BCUT2D eigenvalue weighted by molar-refractivity contribution is -0.134. The van der Waals surface area contributed by atoms with E-state index < -0.39 is 0 Å². The molecule has 1 aliphatic rings. The predicted molar refractivity (Wildman–Crippen MR) is 72.3 cm³/mol. The number of nitrogens with zero attached hydrogens (tertiary/aromatic N) is 2. The summed E-state index contributed by atoms with van der Waals surface area (Å²) < 4.78 is 10.7. The van der Waals surface area contributed by atoms with Crippen molar-refractivity contribution in [3.8, 4) is 5.75 Å². The van der Waals surface area contributed by atoms with Crippen LogP contribution in [0.3, 0.4) is 0 Å². The molecule has 2 aromatic rings. The fourth-order valence-electron chi connectivity index (χ4n) is 2.30. The van der Waals surface area contributed by atoms with Crippen molar-refractivity contribution in [2.45, 2.75) is 19.9 Å². The predicted octanol–water partition coefficient (Wildman–Crippen LogP) is 1.95. The molecular weight excluding hydrogens is 256 g/mol. The van der Waals surface area contributed by atoms with Crippen LogP contribution in [0.15, 0.2) is 35.0 Å². The molecule has 0 atom stereocenters. The Bertz CT molecular complexity index is 621. The maximum atomic E-state index is 12.2. The molecule has 0 aliphatic carbocycles. The number of hydrogen-bond acceptors (Lipinski definition) is 4. The number of fused-ring (bicyclic) bond motifs is 1. The zero-order chi connectivity index (χ0) is 13.9. The van der Waals surface area contributed by atoms with E-state index in [1.54, 1.807) is 11.1 Å². The summed E-state index contributed by atoms with van der Waals surface area (Å²) in [6.07, 6.45) is 2.39. The minimum Gasteiger partial charge on any atom is -0.484 e. The van der Waals surface area contributed by atoms with E-state index in [9.17, 15) is 4.79 Å². The van der Waals surface area contributed by atoms with Gasteiger partial charge in [-0.15, -0.1) is 0 Å². The fraction of sp³-hybridized carbons (Fsp3) is 0.333. The van der Waals surface area contributed by atoms with Gasteiger partial charge in [-0.1, -0.05) is 23.4 Å². The van der Waals surface area contributed by atoms with E-state index in [2.05, 4.69) is 5.16 Å². The number of carbonyl (C=O) groups excluding carboxylic acids is 1. The van der Waals surface area contributed by atoms with Gasteiger partial charge in [0.2, 0.25) is 0 Å².